The van der Waals surface area contributed by atoms with Gasteiger partial charge in [0.05, 0.1) is 6.10 Å². The maximum absolute atomic E-state index is 11.2. The number of ketones is 1. The molecule has 1 N–H and O–H groups in total. The van der Waals surface area contributed by atoms with E-state index in [0.29, 0.717) is 5.57 Å². The summed E-state index contributed by atoms with van der Waals surface area (Å²) in [6, 6.07) is 0. The van der Waals surface area contributed by atoms with E-state index < -0.39 is 11.4 Å². The van der Waals surface area contributed by atoms with Crippen LogP contribution in [0.1, 0.15) is 20.8 Å². The molecule has 0 amide bonds. The molecule has 70 valence electrons. The Balaban J connectivity index is 2.98. The van der Waals surface area contributed by atoms with Gasteiger partial charge in [0.2, 0.25) is 11.4 Å². The summed E-state index contributed by atoms with van der Waals surface area (Å²) in [5.74, 6) is 1.81. The zero-order chi connectivity index (χ0) is 10.2. The van der Waals surface area contributed by atoms with Crippen LogP contribution in [0.3, 0.4) is 0 Å². The zero-order valence-electron chi connectivity index (χ0n) is 7.92. The fraction of sp³-hybridized carbons (Fsp3) is 0.500. The number of carbonyl (C=O) groups excluding carboxylic acids is 1. The molecule has 13 heavy (non-hydrogen) atoms. The van der Waals surface area contributed by atoms with Gasteiger partial charge in [0, 0.05) is 5.57 Å². The topological polar surface area (TPSA) is 46.5 Å². The Labute approximate surface area is 77.4 Å². The van der Waals surface area contributed by atoms with Gasteiger partial charge >= 0.3 is 0 Å². The number of hydrogen-bond acceptors (Lipinski definition) is 3. The molecule has 1 unspecified atom stereocenters. The lowest BCUT2D eigenvalue weighted by Crippen LogP contribution is -2.50. The summed E-state index contributed by atoms with van der Waals surface area (Å²) >= 11 is 0. The minimum absolute atomic E-state index is 0.0991. The molecule has 1 aliphatic rings. The lowest BCUT2D eigenvalue weighted by molar-refractivity contribution is -0.134. The van der Waals surface area contributed by atoms with Crippen LogP contribution in [0.25, 0.3) is 0 Å². The molecule has 0 aromatic heterocycles. The van der Waals surface area contributed by atoms with Crippen molar-refractivity contribution in [1.29, 1.82) is 0 Å². The summed E-state index contributed by atoms with van der Waals surface area (Å²) < 4.78 is 5.24. The number of Topliss-reactive ketones (excluding diaryl/α,β-unsaturated/α-hetero) is 1. The maximum atomic E-state index is 11.2. The van der Waals surface area contributed by atoms with E-state index in [4.69, 9.17) is 11.2 Å². The molecule has 0 heterocycles. The van der Waals surface area contributed by atoms with E-state index in [2.05, 4.69) is 0 Å². The van der Waals surface area contributed by atoms with E-state index in [9.17, 15) is 9.90 Å². The standard InChI is InChI=1S/C10H12O3/c1-5-10(12)8(11)7(4)9(10)13-6(2)3/h1,6,12H,2-4H3. The van der Waals surface area contributed by atoms with Crippen LogP contribution in [0, 0.1) is 12.3 Å². The van der Waals surface area contributed by atoms with Crippen molar-refractivity contribution in [1.82, 2.24) is 0 Å². The van der Waals surface area contributed by atoms with Crippen LogP contribution in [0.15, 0.2) is 11.3 Å². The Kier molecular flexibility index (Phi) is 2.19. The van der Waals surface area contributed by atoms with Crippen molar-refractivity contribution in [2.75, 3.05) is 0 Å². The van der Waals surface area contributed by atoms with Crippen LogP contribution in [-0.2, 0) is 9.53 Å². The molecule has 0 aliphatic heterocycles. The number of ether oxygens (including phenoxy) is 1. The van der Waals surface area contributed by atoms with Gasteiger partial charge in [-0.2, -0.15) is 0 Å². The molecule has 0 radical (unpaired) electrons. The molecule has 0 aromatic carbocycles. The van der Waals surface area contributed by atoms with Gasteiger partial charge in [-0.1, -0.05) is 5.92 Å². The van der Waals surface area contributed by atoms with Crippen LogP contribution in [0.2, 0.25) is 0 Å². The largest absolute Gasteiger partial charge is 0.490 e. The van der Waals surface area contributed by atoms with Gasteiger partial charge in [0.25, 0.3) is 0 Å². The van der Waals surface area contributed by atoms with Crippen molar-refractivity contribution >= 4 is 5.78 Å². The molecule has 0 bridgehead atoms. The normalized spacial score (nSPS) is 27.2. The molecule has 0 fully saturated rings. The van der Waals surface area contributed by atoms with Gasteiger partial charge in [-0.05, 0) is 20.8 Å². The highest BCUT2D eigenvalue weighted by Crippen LogP contribution is 2.35. The highest BCUT2D eigenvalue weighted by molar-refractivity contribution is 6.13. The van der Waals surface area contributed by atoms with Crippen LogP contribution in [0.4, 0.5) is 0 Å². The van der Waals surface area contributed by atoms with Crippen molar-refractivity contribution in [2.45, 2.75) is 32.5 Å². The van der Waals surface area contributed by atoms with Crippen molar-refractivity contribution in [3.05, 3.63) is 11.3 Å². The second-order valence-electron chi connectivity index (χ2n) is 3.30. The quantitative estimate of drug-likeness (QED) is 0.634. The third-order valence-corrected chi connectivity index (χ3v) is 1.90. The van der Waals surface area contributed by atoms with Crippen molar-refractivity contribution in [3.8, 4) is 12.3 Å². The van der Waals surface area contributed by atoms with Crippen LogP contribution in [-0.4, -0.2) is 22.6 Å². The lowest BCUT2D eigenvalue weighted by Gasteiger charge is -2.34. The molecule has 0 saturated heterocycles. The Morgan fingerprint density at radius 1 is 1.62 bits per heavy atom. The van der Waals surface area contributed by atoms with Crippen LogP contribution < -0.4 is 0 Å². The molecule has 0 saturated carbocycles. The smallest absolute Gasteiger partial charge is 0.247 e. The summed E-state index contributed by atoms with van der Waals surface area (Å²) in [6.45, 7) is 5.20. The molecule has 0 aromatic rings. The van der Waals surface area contributed by atoms with E-state index in [1.54, 1.807) is 20.8 Å². The molecule has 3 heteroatoms. The van der Waals surface area contributed by atoms with Gasteiger partial charge in [0.15, 0.2) is 5.76 Å². The van der Waals surface area contributed by atoms with E-state index in [0.717, 1.165) is 0 Å². The summed E-state index contributed by atoms with van der Waals surface area (Å²) in [6.07, 6.45) is 4.95. The van der Waals surface area contributed by atoms with Gasteiger partial charge in [-0.3, -0.25) is 4.79 Å². The number of hydrogen-bond donors (Lipinski definition) is 1. The molecule has 0 spiro atoms. The first kappa shape index (κ1) is 9.82. The number of terminal acetylenes is 1. The Bertz CT molecular complexity index is 320. The molecular formula is C10H12O3. The molecule has 1 aliphatic carbocycles. The average molecular weight is 180 g/mol. The summed E-state index contributed by atoms with van der Waals surface area (Å²) in [5, 5.41) is 9.60. The zero-order valence-corrected chi connectivity index (χ0v) is 7.92. The van der Waals surface area contributed by atoms with Gasteiger partial charge in [0.1, 0.15) is 0 Å². The second kappa shape index (κ2) is 2.90. The van der Waals surface area contributed by atoms with Gasteiger partial charge in [-0.15, -0.1) is 6.42 Å². The summed E-state index contributed by atoms with van der Waals surface area (Å²) in [4.78, 5) is 11.2. The van der Waals surface area contributed by atoms with E-state index in [1.165, 1.54) is 0 Å². The Hall–Kier alpha value is -1.27. The van der Waals surface area contributed by atoms with Crippen LogP contribution in [0.5, 0.6) is 0 Å². The first-order valence-corrected chi connectivity index (χ1v) is 4.06. The number of rotatable bonds is 2. The van der Waals surface area contributed by atoms with E-state index in [1.807, 2.05) is 5.92 Å². The average Bonchev–Trinajstić information content (AvgIpc) is 2.11. The minimum Gasteiger partial charge on any atom is -0.490 e. The Morgan fingerprint density at radius 3 is 2.54 bits per heavy atom. The minimum atomic E-state index is -1.81. The predicted molar refractivity (Wildman–Crippen MR) is 47.7 cm³/mol. The SMILES string of the molecule is C#CC1(O)C(=O)C(C)=C1OC(C)C. The molecule has 1 rings (SSSR count). The third-order valence-electron chi connectivity index (χ3n) is 1.90. The number of aliphatic hydroxyl groups is 1. The van der Waals surface area contributed by atoms with Gasteiger partial charge < -0.3 is 9.84 Å². The highest BCUT2D eigenvalue weighted by Gasteiger charge is 2.52. The molecule has 1 atom stereocenters. The summed E-state index contributed by atoms with van der Waals surface area (Å²) in [7, 11) is 0. The van der Waals surface area contributed by atoms with E-state index >= 15 is 0 Å². The van der Waals surface area contributed by atoms with Crippen LogP contribution >= 0.6 is 0 Å². The van der Waals surface area contributed by atoms with E-state index in [-0.39, 0.29) is 11.9 Å². The first-order chi connectivity index (χ1) is 5.93. The molecular weight excluding hydrogens is 168 g/mol. The highest BCUT2D eigenvalue weighted by atomic mass is 16.5. The van der Waals surface area contributed by atoms with Crippen molar-refractivity contribution < 1.29 is 14.6 Å². The molecule has 3 nitrogen and oxygen atoms in total. The monoisotopic (exact) mass is 180 g/mol. The number of carbonyl (C=O) groups is 1. The summed E-state index contributed by atoms with van der Waals surface area (Å²) in [5.41, 5.74) is -1.40. The fourth-order valence-electron chi connectivity index (χ4n) is 1.23. The van der Waals surface area contributed by atoms with Crippen molar-refractivity contribution in [2.24, 2.45) is 0 Å². The lowest BCUT2D eigenvalue weighted by atomic mass is 9.79. The third kappa shape index (κ3) is 1.24. The second-order valence-corrected chi connectivity index (χ2v) is 3.30. The predicted octanol–water partition coefficient (Wildman–Crippen LogP) is 0.632. The van der Waals surface area contributed by atoms with Gasteiger partial charge in [-0.25, -0.2) is 0 Å². The first-order valence-electron chi connectivity index (χ1n) is 4.06. The van der Waals surface area contributed by atoms with Crippen molar-refractivity contribution in [3.63, 3.8) is 0 Å². The fourth-order valence-corrected chi connectivity index (χ4v) is 1.23. The maximum Gasteiger partial charge on any atom is 0.247 e. The Morgan fingerprint density at radius 2 is 2.15 bits per heavy atom.